The molecular formula is C6H18F4NP. The quantitative estimate of drug-likeness (QED) is 0.328. The van der Waals surface area contributed by atoms with Crippen LogP contribution in [0.25, 0.3) is 0 Å². The molecule has 80 valence electrons. The number of nitrogens with zero attached hydrogens (tertiary/aromatic N) is 1. The van der Waals surface area contributed by atoms with E-state index in [1.54, 1.807) is 0 Å². The summed E-state index contributed by atoms with van der Waals surface area (Å²) in [6.45, 7) is -0.602. The van der Waals surface area contributed by atoms with Crippen molar-refractivity contribution in [3.8, 4) is 0 Å². The molecule has 0 aromatic rings. The number of quaternary nitrogens is 1. The normalized spacial score (nSPS) is 18.5. The predicted octanol–water partition coefficient (Wildman–Crippen LogP) is 3.20. The molecule has 0 saturated heterocycles. The summed E-state index contributed by atoms with van der Waals surface area (Å²) in [6, 6.07) is 0. The summed E-state index contributed by atoms with van der Waals surface area (Å²) in [5, 5.41) is 0. The Bertz CT molecular complexity index is 130. The maximum absolute atomic E-state index is 11.2. The van der Waals surface area contributed by atoms with Crippen LogP contribution in [0.4, 0.5) is 16.8 Å². The van der Waals surface area contributed by atoms with E-state index in [0.717, 1.165) is 4.48 Å². The molecule has 0 N–H and O–H groups in total. The summed E-state index contributed by atoms with van der Waals surface area (Å²) in [5.74, 6) is 0. The minimum absolute atomic E-state index is 0.301. The molecule has 0 aliphatic rings. The third-order valence-corrected chi connectivity index (χ3v) is 0. The van der Waals surface area contributed by atoms with Gasteiger partial charge in [0.1, 0.15) is 0 Å². The van der Waals surface area contributed by atoms with Crippen molar-refractivity contribution in [3.63, 3.8) is 0 Å². The van der Waals surface area contributed by atoms with Gasteiger partial charge in [0.05, 0.1) is 28.2 Å². The average molecular weight is 211 g/mol. The molecule has 0 radical (unpaired) electrons. The second-order valence-electron chi connectivity index (χ2n) is 4.87. The molecular weight excluding hydrogens is 193 g/mol. The maximum atomic E-state index is 11.2. The van der Waals surface area contributed by atoms with Crippen LogP contribution in [0, 0.1) is 0 Å². The first-order chi connectivity index (χ1) is 4.45. The molecule has 0 aromatic heterocycles. The van der Waals surface area contributed by atoms with E-state index in [-0.39, 0.29) is 13.3 Å². The van der Waals surface area contributed by atoms with Crippen molar-refractivity contribution in [3.05, 3.63) is 0 Å². The number of halogens is 4. The summed E-state index contributed by atoms with van der Waals surface area (Å²) in [7, 11) is 0.843. The zero-order valence-corrected chi connectivity index (χ0v) is 9.30. The number of rotatable bonds is 0. The van der Waals surface area contributed by atoms with Crippen LogP contribution in [-0.4, -0.2) is 46.0 Å². The molecule has 0 fully saturated rings. The molecule has 0 amide bonds. The van der Waals surface area contributed by atoms with E-state index in [0.29, 0.717) is 0 Å². The van der Waals surface area contributed by atoms with Gasteiger partial charge in [-0.2, -0.15) is 0 Å². The van der Waals surface area contributed by atoms with Gasteiger partial charge in [-0.15, -0.1) is 0 Å². The molecule has 1 nitrogen and oxygen atoms in total. The van der Waals surface area contributed by atoms with Gasteiger partial charge in [-0.1, -0.05) is 0 Å². The van der Waals surface area contributed by atoms with E-state index in [9.17, 15) is 16.8 Å². The van der Waals surface area contributed by atoms with Crippen molar-refractivity contribution in [1.82, 2.24) is 0 Å². The van der Waals surface area contributed by atoms with Gasteiger partial charge in [0, 0.05) is 0 Å². The molecule has 0 saturated carbocycles. The zero-order valence-electron chi connectivity index (χ0n) is 8.41. The Labute approximate surface area is 70.9 Å². The molecule has 0 unspecified atom stereocenters. The van der Waals surface area contributed by atoms with E-state index < -0.39 is 7.19 Å². The van der Waals surface area contributed by atoms with E-state index in [2.05, 4.69) is 28.2 Å². The van der Waals surface area contributed by atoms with Gasteiger partial charge in [0.25, 0.3) is 0 Å². The average Bonchev–Trinajstić information content (AvgIpc) is 1.04. The first kappa shape index (κ1) is 14.6. The Morgan fingerprint density at radius 2 is 0.750 bits per heavy atom. The van der Waals surface area contributed by atoms with Gasteiger partial charge in [0.2, 0.25) is 0 Å². The Kier molecular flexibility index (Phi) is 3.11. The van der Waals surface area contributed by atoms with E-state index in [1.165, 1.54) is 0 Å². The molecule has 6 heteroatoms. The molecule has 12 heavy (non-hydrogen) atoms. The van der Waals surface area contributed by atoms with Crippen LogP contribution >= 0.6 is 7.19 Å². The molecule has 0 rings (SSSR count). The van der Waals surface area contributed by atoms with Crippen LogP contribution in [-0.2, 0) is 0 Å². The molecule has 0 spiro atoms. The van der Waals surface area contributed by atoms with Crippen molar-refractivity contribution < 1.29 is 21.3 Å². The fourth-order valence-corrected chi connectivity index (χ4v) is 0. The van der Waals surface area contributed by atoms with Gasteiger partial charge < -0.3 is 4.48 Å². The van der Waals surface area contributed by atoms with Crippen molar-refractivity contribution in [2.75, 3.05) is 41.5 Å². The van der Waals surface area contributed by atoms with E-state index in [4.69, 9.17) is 0 Å². The summed E-state index contributed by atoms with van der Waals surface area (Å²) in [5.41, 5.74) is 0. The van der Waals surface area contributed by atoms with Gasteiger partial charge in [-0.25, -0.2) is 0 Å². The Balaban J connectivity index is 0. The van der Waals surface area contributed by atoms with Gasteiger partial charge in [-0.05, 0) is 0 Å². The molecule has 0 bridgehead atoms. The fourth-order valence-electron chi connectivity index (χ4n) is 0. The number of hydrogen-bond acceptors (Lipinski definition) is 0. The standard InChI is InChI=1S/C4H12N.C2H6F4P/c1-5(2,3)4;1-7(2,3,4,5)6/h1-4H3;1-2H3/q+1;-1. The summed E-state index contributed by atoms with van der Waals surface area (Å²) in [4.78, 5) is 0. The first-order valence-corrected chi connectivity index (χ1v) is 6.50. The second-order valence-corrected chi connectivity index (χ2v) is 9.23. The topological polar surface area (TPSA) is 0 Å². The van der Waals surface area contributed by atoms with Gasteiger partial charge in [-0.3, -0.25) is 0 Å². The van der Waals surface area contributed by atoms with Gasteiger partial charge in [0.15, 0.2) is 0 Å². The van der Waals surface area contributed by atoms with Crippen molar-refractivity contribution in [1.29, 1.82) is 0 Å². The molecule has 0 heterocycles. The third kappa shape index (κ3) is 69300. The van der Waals surface area contributed by atoms with Crippen LogP contribution in [0.15, 0.2) is 0 Å². The summed E-state index contributed by atoms with van der Waals surface area (Å²) < 4.78 is 45.8. The monoisotopic (exact) mass is 211 g/mol. The Hall–Kier alpha value is 0.110. The molecule has 0 atom stereocenters. The summed E-state index contributed by atoms with van der Waals surface area (Å²) in [6.07, 6.45) is 0. The number of hydrogen-bond donors (Lipinski definition) is 0. The Morgan fingerprint density at radius 3 is 0.750 bits per heavy atom. The van der Waals surface area contributed by atoms with Crippen molar-refractivity contribution in [2.24, 2.45) is 0 Å². The molecule has 0 aliphatic carbocycles. The van der Waals surface area contributed by atoms with Crippen LogP contribution in [0.5, 0.6) is 0 Å². The van der Waals surface area contributed by atoms with Crippen molar-refractivity contribution in [2.45, 2.75) is 0 Å². The van der Waals surface area contributed by atoms with Crippen LogP contribution in [0.1, 0.15) is 0 Å². The third-order valence-electron chi connectivity index (χ3n) is 0. The van der Waals surface area contributed by atoms with Crippen LogP contribution < -0.4 is 0 Å². The van der Waals surface area contributed by atoms with E-state index in [1.807, 2.05) is 0 Å². The van der Waals surface area contributed by atoms with Gasteiger partial charge >= 0.3 is 37.3 Å². The second kappa shape index (κ2) is 2.55. The first-order valence-electron chi connectivity index (χ1n) is 3.36. The summed E-state index contributed by atoms with van der Waals surface area (Å²) >= 11 is 0. The fraction of sp³-hybridized carbons (Fsp3) is 1.00. The molecule has 0 aliphatic heterocycles. The minimum atomic E-state index is -7.66. The SMILES string of the molecule is C[N+](C)(C)C.C[P-](C)(F)(F)(F)F. The predicted molar refractivity (Wildman–Crippen MR) is 47.2 cm³/mol. The van der Waals surface area contributed by atoms with Crippen molar-refractivity contribution >= 4 is 7.19 Å². The Morgan fingerprint density at radius 1 is 0.750 bits per heavy atom. The van der Waals surface area contributed by atoms with Crippen LogP contribution in [0.3, 0.4) is 0 Å². The molecule has 0 aromatic carbocycles. The van der Waals surface area contributed by atoms with Crippen LogP contribution in [0.2, 0.25) is 0 Å². The zero-order chi connectivity index (χ0) is 10.9. The van der Waals surface area contributed by atoms with E-state index >= 15 is 0 Å².